The maximum Gasteiger partial charge on any atom is 0.358 e. The van der Waals surface area contributed by atoms with Gasteiger partial charge in [0.25, 0.3) is 5.69 Å². The Morgan fingerprint density at radius 3 is 2.43 bits per heavy atom. The molecular formula is C20H26N2O7Si. The van der Waals surface area contributed by atoms with Crippen LogP contribution in [0.1, 0.15) is 19.4 Å². The molecule has 1 N–H and O–H groups in total. The largest absolute Gasteiger partial charge is 0.509 e. The van der Waals surface area contributed by atoms with Crippen LogP contribution in [0.3, 0.4) is 0 Å². The lowest BCUT2D eigenvalue weighted by molar-refractivity contribution is -0.384. The molecule has 1 saturated heterocycles. The van der Waals surface area contributed by atoms with Crippen LogP contribution in [-0.4, -0.2) is 47.3 Å². The second-order valence-electron chi connectivity index (χ2n) is 8.68. The first-order valence-electron chi connectivity index (χ1n) is 9.77. The molecule has 1 aromatic rings. The molecule has 0 saturated carbocycles. The highest BCUT2D eigenvalue weighted by Gasteiger charge is 2.61. The molecule has 0 aliphatic carbocycles. The molecular weight excluding hydrogens is 408 g/mol. The number of esters is 1. The van der Waals surface area contributed by atoms with Crippen molar-refractivity contribution in [3.63, 3.8) is 0 Å². The van der Waals surface area contributed by atoms with Crippen molar-refractivity contribution in [2.45, 2.75) is 52.2 Å². The number of carbonyl (C=O) groups excluding carboxylic acids is 2. The predicted molar refractivity (Wildman–Crippen MR) is 110 cm³/mol. The quantitative estimate of drug-likeness (QED) is 0.230. The zero-order chi connectivity index (χ0) is 22.4. The summed E-state index contributed by atoms with van der Waals surface area (Å²) in [6.45, 7) is 9.61. The Balaban J connectivity index is 1.68. The van der Waals surface area contributed by atoms with E-state index in [0.29, 0.717) is 5.56 Å². The van der Waals surface area contributed by atoms with Crippen molar-refractivity contribution in [2.24, 2.45) is 11.8 Å². The first-order chi connectivity index (χ1) is 13.9. The van der Waals surface area contributed by atoms with Crippen LogP contribution in [0.15, 0.2) is 35.7 Å². The summed E-state index contributed by atoms with van der Waals surface area (Å²) >= 11 is 0. The van der Waals surface area contributed by atoms with Gasteiger partial charge in [-0.15, -0.1) is 0 Å². The van der Waals surface area contributed by atoms with Gasteiger partial charge in [-0.05, 0) is 44.3 Å². The fraction of sp³-hybridized carbons (Fsp3) is 0.500. The van der Waals surface area contributed by atoms with E-state index in [1.54, 1.807) is 6.92 Å². The van der Waals surface area contributed by atoms with Crippen molar-refractivity contribution in [1.82, 2.24) is 4.90 Å². The minimum atomic E-state index is -1.86. The van der Waals surface area contributed by atoms with Crippen molar-refractivity contribution in [2.75, 3.05) is 0 Å². The average molecular weight is 435 g/mol. The second kappa shape index (κ2) is 7.84. The SMILES string of the molecule is C[C@@H](O[Si](C)(C)C)[C@H]1C(=O)N2C(C(=O)OCc3ccc([N+](=O)[O-])cc3)=C(O)[C@H](C)[C@H]12. The Morgan fingerprint density at radius 1 is 1.30 bits per heavy atom. The minimum absolute atomic E-state index is 0.0650. The standard InChI is InChI=1S/C20H26N2O7Si/c1-11-16-15(12(2)29-30(3,4)5)19(24)21(16)17(18(11)23)20(25)28-10-13-6-8-14(9-7-13)22(26)27/h6-9,11-12,15-16,23H,10H2,1-5H3/t11-,12-,15-,16-/m1/s1. The number of nitrogens with zero attached hydrogens (tertiary/aromatic N) is 2. The molecule has 2 heterocycles. The van der Waals surface area contributed by atoms with Crippen LogP contribution in [0.2, 0.25) is 19.6 Å². The van der Waals surface area contributed by atoms with Crippen LogP contribution in [0.5, 0.6) is 0 Å². The van der Waals surface area contributed by atoms with Gasteiger partial charge in [0.1, 0.15) is 12.4 Å². The van der Waals surface area contributed by atoms with Crippen molar-refractivity contribution in [1.29, 1.82) is 0 Å². The average Bonchev–Trinajstić information content (AvgIpc) is 2.87. The van der Waals surface area contributed by atoms with E-state index in [1.807, 2.05) is 26.6 Å². The number of ether oxygens (including phenoxy) is 1. The van der Waals surface area contributed by atoms with Gasteiger partial charge in [0, 0.05) is 18.1 Å². The number of amides is 1. The van der Waals surface area contributed by atoms with Gasteiger partial charge in [-0.1, -0.05) is 6.92 Å². The van der Waals surface area contributed by atoms with Crippen LogP contribution < -0.4 is 0 Å². The first-order valence-corrected chi connectivity index (χ1v) is 13.2. The lowest BCUT2D eigenvalue weighted by Crippen LogP contribution is -2.64. The van der Waals surface area contributed by atoms with Crippen molar-refractivity contribution in [3.05, 3.63) is 51.4 Å². The molecule has 0 unspecified atom stereocenters. The van der Waals surface area contributed by atoms with Crippen LogP contribution in [-0.2, 0) is 25.4 Å². The fourth-order valence-corrected chi connectivity index (χ4v) is 5.33. The lowest BCUT2D eigenvalue weighted by Gasteiger charge is -2.48. The minimum Gasteiger partial charge on any atom is -0.509 e. The molecule has 1 amide bonds. The third-order valence-electron chi connectivity index (χ3n) is 5.37. The van der Waals surface area contributed by atoms with Gasteiger partial charge >= 0.3 is 5.97 Å². The summed E-state index contributed by atoms with van der Waals surface area (Å²) in [5.74, 6) is -2.05. The molecule has 0 bridgehead atoms. The first kappa shape index (κ1) is 22.0. The van der Waals surface area contributed by atoms with Crippen molar-refractivity contribution in [3.8, 4) is 0 Å². The Bertz CT molecular complexity index is 907. The molecule has 4 atom stereocenters. The van der Waals surface area contributed by atoms with E-state index in [2.05, 4.69) is 0 Å². The Hall–Kier alpha value is -2.72. The number of benzene rings is 1. The van der Waals surface area contributed by atoms with Gasteiger partial charge < -0.3 is 14.3 Å². The summed E-state index contributed by atoms with van der Waals surface area (Å²) < 4.78 is 11.3. The maximum atomic E-state index is 12.8. The summed E-state index contributed by atoms with van der Waals surface area (Å²) in [5.41, 5.74) is 0.363. The van der Waals surface area contributed by atoms with E-state index < -0.39 is 31.0 Å². The number of carbonyl (C=O) groups is 2. The molecule has 0 radical (unpaired) electrons. The van der Waals surface area contributed by atoms with E-state index in [0.717, 1.165) is 0 Å². The van der Waals surface area contributed by atoms with Crippen LogP contribution in [0, 0.1) is 22.0 Å². The Morgan fingerprint density at radius 2 is 1.90 bits per heavy atom. The van der Waals surface area contributed by atoms with Crippen LogP contribution in [0.4, 0.5) is 5.69 Å². The molecule has 3 rings (SSSR count). The lowest BCUT2D eigenvalue weighted by atomic mass is 9.79. The van der Waals surface area contributed by atoms with Crippen LogP contribution >= 0.6 is 0 Å². The molecule has 10 heteroatoms. The molecule has 2 aliphatic rings. The number of hydrogen-bond donors (Lipinski definition) is 1. The van der Waals surface area contributed by atoms with Crippen LogP contribution in [0.25, 0.3) is 0 Å². The molecule has 9 nitrogen and oxygen atoms in total. The van der Waals surface area contributed by atoms with E-state index in [4.69, 9.17) is 9.16 Å². The normalized spacial score (nSPS) is 24.4. The number of aliphatic hydroxyl groups is 1. The molecule has 30 heavy (non-hydrogen) atoms. The third kappa shape index (κ3) is 3.97. The number of nitro groups is 1. The topological polar surface area (TPSA) is 119 Å². The number of aliphatic hydroxyl groups excluding tert-OH is 1. The highest BCUT2D eigenvalue weighted by Crippen LogP contribution is 2.47. The zero-order valence-corrected chi connectivity index (χ0v) is 18.6. The second-order valence-corrected chi connectivity index (χ2v) is 13.1. The highest BCUT2D eigenvalue weighted by atomic mass is 28.4. The third-order valence-corrected chi connectivity index (χ3v) is 6.45. The van der Waals surface area contributed by atoms with Crippen molar-refractivity contribution >= 4 is 25.9 Å². The highest BCUT2D eigenvalue weighted by molar-refractivity contribution is 6.69. The van der Waals surface area contributed by atoms with Gasteiger partial charge in [0.2, 0.25) is 5.91 Å². The number of hydrogen-bond acceptors (Lipinski definition) is 7. The number of non-ortho nitro benzene ring substituents is 1. The van der Waals surface area contributed by atoms with Gasteiger partial charge in [-0.25, -0.2) is 4.79 Å². The molecule has 1 fully saturated rings. The summed E-state index contributed by atoms with van der Waals surface area (Å²) in [4.78, 5) is 36.9. The smallest absolute Gasteiger partial charge is 0.358 e. The van der Waals surface area contributed by atoms with Gasteiger partial charge in [0.05, 0.1) is 23.0 Å². The molecule has 2 aliphatic heterocycles. The zero-order valence-electron chi connectivity index (χ0n) is 17.6. The Labute approximate surface area is 175 Å². The van der Waals surface area contributed by atoms with E-state index in [-0.39, 0.29) is 41.8 Å². The van der Waals surface area contributed by atoms with Crippen molar-refractivity contribution < 1.29 is 28.8 Å². The number of rotatable bonds is 7. The molecule has 0 spiro atoms. The summed E-state index contributed by atoms with van der Waals surface area (Å²) in [7, 11) is -1.86. The number of fused-ring (bicyclic) bond motifs is 1. The summed E-state index contributed by atoms with van der Waals surface area (Å²) in [6, 6.07) is 5.26. The molecule has 0 aromatic heterocycles. The van der Waals surface area contributed by atoms with Gasteiger partial charge in [-0.3, -0.25) is 19.8 Å². The fourth-order valence-electron chi connectivity index (χ4n) is 4.07. The maximum absolute atomic E-state index is 12.8. The van der Waals surface area contributed by atoms with E-state index in [1.165, 1.54) is 29.2 Å². The van der Waals surface area contributed by atoms with E-state index in [9.17, 15) is 24.8 Å². The van der Waals surface area contributed by atoms with Gasteiger partial charge in [-0.2, -0.15) is 0 Å². The summed E-state index contributed by atoms with van der Waals surface area (Å²) in [6.07, 6.45) is -0.309. The number of nitro benzene ring substituents is 1. The van der Waals surface area contributed by atoms with E-state index >= 15 is 0 Å². The molecule has 162 valence electrons. The summed E-state index contributed by atoms with van der Waals surface area (Å²) in [5, 5.41) is 21.2. The predicted octanol–water partition coefficient (Wildman–Crippen LogP) is 3.12. The molecule has 1 aromatic carbocycles. The number of β-lactam (4-membered cyclic amide) rings is 1. The monoisotopic (exact) mass is 434 g/mol. The Kier molecular flexibility index (Phi) is 5.74. The van der Waals surface area contributed by atoms with Gasteiger partial charge in [0.15, 0.2) is 14.0 Å².